The van der Waals surface area contributed by atoms with Gasteiger partial charge < -0.3 is 0 Å². The van der Waals surface area contributed by atoms with Crippen LogP contribution in [0.1, 0.15) is 33.6 Å². The molecule has 1 atom stereocenters. The third-order valence-corrected chi connectivity index (χ3v) is 3.51. The van der Waals surface area contributed by atoms with Gasteiger partial charge in [-0.3, -0.25) is 0 Å². The maximum Gasteiger partial charge on any atom is 0.212 e. The monoisotopic (exact) mass is 204 g/mol. The standard InChI is InChI=1S/C8H16N2O2S/c1-4-6-13(11,12)10-8(3,5-2)7-9/h10H,4-6H2,1-3H3. The average molecular weight is 204 g/mol. The summed E-state index contributed by atoms with van der Waals surface area (Å²) in [6.45, 7) is 5.15. The summed E-state index contributed by atoms with van der Waals surface area (Å²) < 4.78 is 25.0. The lowest BCUT2D eigenvalue weighted by atomic mass is 10.0. The number of nitriles is 1. The van der Waals surface area contributed by atoms with E-state index in [0.29, 0.717) is 12.8 Å². The summed E-state index contributed by atoms with van der Waals surface area (Å²) in [5, 5.41) is 8.74. The molecule has 0 spiro atoms. The lowest BCUT2D eigenvalue weighted by Gasteiger charge is -2.20. The number of rotatable bonds is 5. The van der Waals surface area contributed by atoms with Crippen molar-refractivity contribution in [2.45, 2.75) is 39.2 Å². The first-order chi connectivity index (χ1) is 5.89. The van der Waals surface area contributed by atoms with Crippen molar-refractivity contribution in [3.63, 3.8) is 0 Å². The van der Waals surface area contributed by atoms with Gasteiger partial charge in [0.1, 0.15) is 5.54 Å². The predicted octanol–water partition coefficient (Wildman–Crippen LogP) is 1.01. The van der Waals surface area contributed by atoms with E-state index in [1.54, 1.807) is 20.8 Å². The Bertz CT molecular complexity index is 292. The van der Waals surface area contributed by atoms with Crippen LogP contribution in [0.5, 0.6) is 0 Å². The average Bonchev–Trinajstić information content (AvgIpc) is 2.03. The van der Waals surface area contributed by atoms with E-state index in [-0.39, 0.29) is 5.75 Å². The minimum atomic E-state index is -3.29. The summed E-state index contributed by atoms with van der Waals surface area (Å²) in [5.74, 6) is 0.0737. The van der Waals surface area contributed by atoms with Gasteiger partial charge in [0.25, 0.3) is 0 Å². The van der Waals surface area contributed by atoms with Crippen molar-refractivity contribution < 1.29 is 8.42 Å². The molecule has 0 aliphatic heterocycles. The van der Waals surface area contributed by atoms with Gasteiger partial charge in [-0.05, 0) is 19.8 Å². The zero-order valence-corrected chi connectivity index (χ0v) is 9.11. The Morgan fingerprint density at radius 1 is 1.46 bits per heavy atom. The predicted molar refractivity (Wildman–Crippen MR) is 51.5 cm³/mol. The number of hydrogen-bond donors (Lipinski definition) is 1. The van der Waals surface area contributed by atoms with E-state index in [0.717, 1.165) is 0 Å². The highest BCUT2D eigenvalue weighted by Crippen LogP contribution is 2.09. The highest BCUT2D eigenvalue weighted by Gasteiger charge is 2.26. The fourth-order valence-corrected chi connectivity index (χ4v) is 2.35. The molecular weight excluding hydrogens is 188 g/mol. The molecule has 5 heteroatoms. The van der Waals surface area contributed by atoms with E-state index in [4.69, 9.17) is 5.26 Å². The van der Waals surface area contributed by atoms with Crippen LogP contribution in [0, 0.1) is 11.3 Å². The van der Waals surface area contributed by atoms with Crippen LogP contribution >= 0.6 is 0 Å². The summed E-state index contributed by atoms with van der Waals surface area (Å²) >= 11 is 0. The van der Waals surface area contributed by atoms with Gasteiger partial charge in [-0.1, -0.05) is 13.8 Å². The van der Waals surface area contributed by atoms with Gasteiger partial charge in [0.2, 0.25) is 10.0 Å². The maximum atomic E-state index is 11.3. The maximum absolute atomic E-state index is 11.3. The lowest BCUT2D eigenvalue weighted by Crippen LogP contribution is -2.45. The second-order valence-corrected chi connectivity index (χ2v) is 5.06. The van der Waals surface area contributed by atoms with Gasteiger partial charge in [-0.2, -0.15) is 9.98 Å². The highest BCUT2D eigenvalue weighted by atomic mass is 32.2. The van der Waals surface area contributed by atoms with E-state index in [9.17, 15) is 8.42 Å². The SMILES string of the molecule is CCCS(=O)(=O)NC(C)(C#N)CC. The number of hydrogen-bond acceptors (Lipinski definition) is 3. The summed E-state index contributed by atoms with van der Waals surface area (Å²) in [6, 6.07) is 1.95. The summed E-state index contributed by atoms with van der Waals surface area (Å²) in [5.41, 5.74) is -0.964. The zero-order valence-electron chi connectivity index (χ0n) is 8.29. The molecule has 1 N–H and O–H groups in total. The van der Waals surface area contributed by atoms with Gasteiger partial charge in [0, 0.05) is 0 Å². The molecule has 0 amide bonds. The van der Waals surface area contributed by atoms with Crippen LogP contribution < -0.4 is 4.72 Å². The molecule has 0 saturated heterocycles. The summed E-state index contributed by atoms with van der Waals surface area (Å²) in [4.78, 5) is 0. The van der Waals surface area contributed by atoms with Gasteiger partial charge in [0.05, 0.1) is 11.8 Å². The first-order valence-electron chi connectivity index (χ1n) is 4.32. The molecule has 0 fully saturated rings. The molecular formula is C8H16N2O2S. The van der Waals surface area contributed by atoms with E-state index in [1.807, 2.05) is 6.07 Å². The smallest absolute Gasteiger partial charge is 0.212 e. The second kappa shape index (κ2) is 4.58. The molecule has 0 aromatic carbocycles. The fraction of sp³-hybridized carbons (Fsp3) is 0.875. The van der Waals surface area contributed by atoms with Gasteiger partial charge in [-0.15, -0.1) is 0 Å². The Morgan fingerprint density at radius 2 is 2.00 bits per heavy atom. The number of nitrogens with zero attached hydrogens (tertiary/aromatic N) is 1. The minimum absolute atomic E-state index is 0.0737. The van der Waals surface area contributed by atoms with Crippen molar-refractivity contribution in [3.05, 3.63) is 0 Å². The quantitative estimate of drug-likeness (QED) is 0.726. The first-order valence-corrected chi connectivity index (χ1v) is 5.97. The fourth-order valence-electron chi connectivity index (χ4n) is 0.837. The normalized spacial score (nSPS) is 16.2. The van der Waals surface area contributed by atoms with Crippen molar-refractivity contribution in [2.75, 3.05) is 5.75 Å². The lowest BCUT2D eigenvalue weighted by molar-refractivity contribution is 0.494. The van der Waals surface area contributed by atoms with E-state index in [1.165, 1.54) is 0 Å². The minimum Gasteiger partial charge on any atom is -0.212 e. The summed E-state index contributed by atoms with van der Waals surface area (Å²) in [7, 11) is -3.29. The largest absolute Gasteiger partial charge is 0.212 e. The molecule has 0 rings (SSSR count). The molecule has 4 nitrogen and oxygen atoms in total. The third kappa shape index (κ3) is 4.25. The Balaban J connectivity index is 4.52. The van der Waals surface area contributed by atoms with E-state index < -0.39 is 15.6 Å². The molecule has 76 valence electrons. The Labute approximate surface area is 80.0 Å². The molecule has 0 radical (unpaired) electrons. The highest BCUT2D eigenvalue weighted by molar-refractivity contribution is 7.89. The van der Waals surface area contributed by atoms with Crippen LogP contribution in [0.15, 0.2) is 0 Å². The topological polar surface area (TPSA) is 70.0 Å². The van der Waals surface area contributed by atoms with Crippen LogP contribution in [-0.2, 0) is 10.0 Å². The molecule has 0 saturated carbocycles. The van der Waals surface area contributed by atoms with Gasteiger partial charge >= 0.3 is 0 Å². The van der Waals surface area contributed by atoms with Crippen LogP contribution in [0.4, 0.5) is 0 Å². The molecule has 0 aliphatic rings. The van der Waals surface area contributed by atoms with Crippen molar-refractivity contribution in [2.24, 2.45) is 0 Å². The van der Waals surface area contributed by atoms with E-state index in [2.05, 4.69) is 4.72 Å². The molecule has 1 unspecified atom stereocenters. The van der Waals surface area contributed by atoms with Crippen LogP contribution in [0.2, 0.25) is 0 Å². The van der Waals surface area contributed by atoms with Crippen molar-refractivity contribution in [3.8, 4) is 6.07 Å². The molecule has 0 heterocycles. The van der Waals surface area contributed by atoms with Gasteiger partial charge in [-0.25, -0.2) is 8.42 Å². The Morgan fingerprint density at radius 3 is 2.31 bits per heavy atom. The summed E-state index contributed by atoms with van der Waals surface area (Å²) in [6.07, 6.45) is 1.02. The van der Waals surface area contributed by atoms with Crippen LogP contribution in [-0.4, -0.2) is 19.7 Å². The molecule has 0 aromatic heterocycles. The van der Waals surface area contributed by atoms with Crippen LogP contribution in [0.3, 0.4) is 0 Å². The van der Waals surface area contributed by atoms with E-state index >= 15 is 0 Å². The molecule has 0 aromatic rings. The van der Waals surface area contributed by atoms with Crippen LogP contribution in [0.25, 0.3) is 0 Å². The Hall–Kier alpha value is -0.600. The van der Waals surface area contributed by atoms with Crippen molar-refractivity contribution in [1.82, 2.24) is 4.72 Å². The third-order valence-electron chi connectivity index (χ3n) is 1.81. The number of nitrogens with one attached hydrogen (secondary N) is 1. The second-order valence-electron chi connectivity index (χ2n) is 3.22. The van der Waals surface area contributed by atoms with Crippen molar-refractivity contribution in [1.29, 1.82) is 5.26 Å². The van der Waals surface area contributed by atoms with Crippen molar-refractivity contribution >= 4 is 10.0 Å². The number of sulfonamides is 1. The Kier molecular flexibility index (Phi) is 4.37. The van der Waals surface area contributed by atoms with Gasteiger partial charge in [0.15, 0.2) is 0 Å². The molecule has 13 heavy (non-hydrogen) atoms. The zero-order chi connectivity index (χ0) is 10.5. The molecule has 0 aliphatic carbocycles. The first kappa shape index (κ1) is 12.4. The molecule has 0 bridgehead atoms.